The SMILES string of the molecule is CC(C)(NC(=O)CNC(=O)CN)c1ccc(Br)cc1. The Labute approximate surface area is 121 Å². The first-order chi connectivity index (χ1) is 8.85. The Hall–Kier alpha value is -1.40. The lowest BCUT2D eigenvalue weighted by Crippen LogP contribution is -2.46. The molecule has 4 N–H and O–H groups in total. The summed E-state index contributed by atoms with van der Waals surface area (Å²) in [7, 11) is 0. The van der Waals surface area contributed by atoms with Crippen LogP contribution in [0.1, 0.15) is 19.4 Å². The molecular weight excluding hydrogens is 310 g/mol. The lowest BCUT2D eigenvalue weighted by Gasteiger charge is -2.27. The third-order valence-corrected chi connectivity index (χ3v) is 3.18. The topological polar surface area (TPSA) is 84.2 Å². The highest BCUT2D eigenvalue weighted by Gasteiger charge is 2.22. The van der Waals surface area contributed by atoms with E-state index in [-0.39, 0.29) is 24.9 Å². The summed E-state index contributed by atoms with van der Waals surface area (Å²) >= 11 is 3.37. The lowest BCUT2D eigenvalue weighted by molar-refractivity contribution is -0.126. The van der Waals surface area contributed by atoms with Crippen molar-refractivity contribution >= 4 is 27.7 Å². The molecule has 0 bridgehead atoms. The van der Waals surface area contributed by atoms with Crippen LogP contribution in [0.15, 0.2) is 28.7 Å². The van der Waals surface area contributed by atoms with Gasteiger partial charge in [-0.3, -0.25) is 9.59 Å². The molecule has 0 saturated carbocycles. The largest absolute Gasteiger partial charge is 0.346 e. The van der Waals surface area contributed by atoms with E-state index < -0.39 is 5.54 Å². The zero-order chi connectivity index (χ0) is 14.5. The van der Waals surface area contributed by atoms with E-state index in [9.17, 15) is 9.59 Å². The van der Waals surface area contributed by atoms with Crippen LogP contribution in [0.2, 0.25) is 0 Å². The molecule has 104 valence electrons. The maximum Gasteiger partial charge on any atom is 0.240 e. The lowest BCUT2D eigenvalue weighted by atomic mass is 9.94. The highest BCUT2D eigenvalue weighted by molar-refractivity contribution is 9.10. The molecule has 1 aromatic rings. The van der Waals surface area contributed by atoms with Crippen molar-refractivity contribution < 1.29 is 9.59 Å². The Morgan fingerprint density at radius 3 is 2.32 bits per heavy atom. The van der Waals surface area contributed by atoms with Gasteiger partial charge in [0.1, 0.15) is 0 Å². The fraction of sp³-hybridized carbons (Fsp3) is 0.385. The van der Waals surface area contributed by atoms with Crippen molar-refractivity contribution in [1.29, 1.82) is 0 Å². The molecule has 0 aliphatic heterocycles. The summed E-state index contributed by atoms with van der Waals surface area (Å²) in [5.74, 6) is -0.605. The minimum atomic E-state index is -0.509. The quantitative estimate of drug-likeness (QED) is 0.750. The Bertz CT molecular complexity index is 457. The molecule has 0 aliphatic carbocycles. The molecule has 2 amide bonds. The van der Waals surface area contributed by atoms with Crippen molar-refractivity contribution in [2.24, 2.45) is 5.73 Å². The molecule has 0 spiro atoms. The molecule has 0 aromatic heterocycles. The van der Waals surface area contributed by atoms with Crippen LogP contribution in [-0.2, 0) is 15.1 Å². The first-order valence-electron chi connectivity index (χ1n) is 5.89. The first-order valence-corrected chi connectivity index (χ1v) is 6.68. The van der Waals surface area contributed by atoms with E-state index in [1.807, 2.05) is 38.1 Å². The number of hydrogen-bond donors (Lipinski definition) is 3. The van der Waals surface area contributed by atoms with E-state index in [1.54, 1.807) is 0 Å². The summed E-state index contributed by atoms with van der Waals surface area (Å²) in [6.07, 6.45) is 0. The van der Waals surface area contributed by atoms with Crippen molar-refractivity contribution in [2.75, 3.05) is 13.1 Å². The van der Waals surface area contributed by atoms with E-state index in [1.165, 1.54) is 0 Å². The van der Waals surface area contributed by atoms with Gasteiger partial charge in [0.2, 0.25) is 11.8 Å². The maximum atomic E-state index is 11.7. The summed E-state index contributed by atoms with van der Waals surface area (Å²) in [5, 5.41) is 5.29. The monoisotopic (exact) mass is 327 g/mol. The number of amides is 2. The average Bonchev–Trinajstić information content (AvgIpc) is 2.36. The summed E-state index contributed by atoms with van der Waals surface area (Å²) < 4.78 is 0.980. The van der Waals surface area contributed by atoms with Gasteiger partial charge in [0.05, 0.1) is 18.6 Å². The number of hydrogen-bond acceptors (Lipinski definition) is 3. The van der Waals surface area contributed by atoms with E-state index in [0.29, 0.717) is 0 Å². The predicted molar refractivity (Wildman–Crippen MR) is 77.4 cm³/mol. The second-order valence-electron chi connectivity index (χ2n) is 4.66. The molecule has 0 fully saturated rings. The fourth-order valence-corrected chi connectivity index (χ4v) is 1.85. The van der Waals surface area contributed by atoms with Crippen molar-refractivity contribution in [3.8, 4) is 0 Å². The number of benzene rings is 1. The standard InChI is InChI=1S/C13H18BrN3O2/c1-13(2,9-3-5-10(14)6-4-9)17-12(19)8-16-11(18)7-15/h3-6H,7-8,15H2,1-2H3,(H,16,18)(H,17,19). The Kier molecular flexibility index (Phi) is 5.50. The smallest absolute Gasteiger partial charge is 0.240 e. The minimum Gasteiger partial charge on any atom is -0.346 e. The molecule has 19 heavy (non-hydrogen) atoms. The molecule has 0 atom stereocenters. The third-order valence-electron chi connectivity index (χ3n) is 2.65. The Morgan fingerprint density at radius 1 is 1.21 bits per heavy atom. The van der Waals surface area contributed by atoms with Crippen LogP contribution in [0, 0.1) is 0 Å². The van der Waals surface area contributed by atoms with Gasteiger partial charge in [0.25, 0.3) is 0 Å². The first kappa shape index (κ1) is 15.7. The van der Waals surface area contributed by atoms with Crippen LogP contribution in [0.4, 0.5) is 0 Å². The van der Waals surface area contributed by atoms with E-state index >= 15 is 0 Å². The van der Waals surface area contributed by atoms with Gasteiger partial charge in [-0.25, -0.2) is 0 Å². The molecule has 0 heterocycles. The number of nitrogens with one attached hydrogen (secondary N) is 2. The van der Waals surface area contributed by atoms with Crippen LogP contribution < -0.4 is 16.4 Å². The van der Waals surface area contributed by atoms with Gasteiger partial charge in [-0.15, -0.1) is 0 Å². The van der Waals surface area contributed by atoms with Gasteiger partial charge in [0.15, 0.2) is 0 Å². The Morgan fingerprint density at radius 2 is 1.79 bits per heavy atom. The van der Waals surface area contributed by atoms with Crippen molar-refractivity contribution in [3.05, 3.63) is 34.3 Å². The van der Waals surface area contributed by atoms with Crippen molar-refractivity contribution in [1.82, 2.24) is 10.6 Å². The van der Waals surface area contributed by atoms with Gasteiger partial charge < -0.3 is 16.4 Å². The second-order valence-corrected chi connectivity index (χ2v) is 5.58. The molecule has 0 unspecified atom stereocenters. The summed E-state index contributed by atoms with van der Waals surface area (Å²) in [6.45, 7) is 3.61. The predicted octanol–water partition coefficient (Wildman–Crippen LogP) is 0.875. The van der Waals surface area contributed by atoms with E-state index in [2.05, 4.69) is 26.6 Å². The minimum absolute atomic E-state index is 0.0734. The molecule has 5 nitrogen and oxygen atoms in total. The zero-order valence-corrected chi connectivity index (χ0v) is 12.6. The second kappa shape index (κ2) is 6.68. The molecule has 6 heteroatoms. The summed E-state index contributed by atoms with van der Waals surface area (Å²) in [4.78, 5) is 22.7. The van der Waals surface area contributed by atoms with Crippen LogP contribution in [0.25, 0.3) is 0 Å². The van der Waals surface area contributed by atoms with Crippen LogP contribution in [-0.4, -0.2) is 24.9 Å². The van der Waals surface area contributed by atoms with Gasteiger partial charge in [0, 0.05) is 4.47 Å². The van der Waals surface area contributed by atoms with Gasteiger partial charge >= 0.3 is 0 Å². The van der Waals surface area contributed by atoms with Crippen LogP contribution in [0.3, 0.4) is 0 Å². The van der Waals surface area contributed by atoms with Crippen LogP contribution in [0.5, 0.6) is 0 Å². The molecule has 1 aromatic carbocycles. The maximum absolute atomic E-state index is 11.7. The normalized spacial score (nSPS) is 10.9. The molecule has 0 aliphatic rings. The van der Waals surface area contributed by atoms with Crippen molar-refractivity contribution in [3.63, 3.8) is 0 Å². The number of rotatable bonds is 5. The molecular formula is C13H18BrN3O2. The highest BCUT2D eigenvalue weighted by Crippen LogP contribution is 2.21. The summed E-state index contributed by atoms with van der Waals surface area (Å²) in [5.41, 5.74) is 5.61. The zero-order valence-electron chi connectivity index (χ0n) is 11.0. The number of halogens is 1. The van der Waals surface area contributed by atoms with Gasteiger partial charge in [-0.05, 0) is 31.5 Å². The molecule has 1 rings (SSSR count). The number of nitrogens with two attached hydrogens (primary N) is 1. The number of carbonyl (C=O) groups excluding carboxylic acids is 2. The Balaban J connectivity index is 2.61. The third kappa shape index (κ3) is 5.00. The fourth-order valence-electron chi connectivity index (χ4n) is 1.58. The molecule has 0 saturated heterocycles. The van der Waals surface area contributed by atoms with Gasteiger partial charge in [-0.1, -0.05) is 28.1 Å². The van der Waals surface area contributed by atoms with Crippen molar-refractivity contribution in [2.45, 2.75) is 19.4 Å². The van der Waals surface area contributed by atoms with Crippen LogP contribution >= 0.6 is 15.9 Å². The van der Waals surface area contributed by atoms with E-state index in [4.69, 9.17) is 5.73 Å². The summed E-state index contributed by atoms with van der Waals surface area (Å²) in [6, 6.07) is 7.70. The van der Waals surface area contributed by atoms with Gasteiger partial charge in [-0.2, -0.15) is 0 Å². The number of carbonyl (C=O) groups is 2. The van der Waals surface area contributed by atoms with E-state index in [0.717, 1.165) is 10.0 Å². The highest BCUT2D eigenvalue weighted by atomic mass is 79.9. The molecule has 0 radical (unpaired) electrons. The average molecular weight is 328 g/mol.